The van der Waals surface area contributed by atoms with Crippen LogP contribution >= 0.6 is 0 Å². The molecule has 5 aliphatic rings. The molecule has 0 amide bonds. The lowest BCUT2D eigenvalue weighted by Gasteiger charge is -2.50. The number of aryl methyl sites for hydroxylation is 1. The van der Waals surface area contributed by atoms with E-state index in [-0.39, 0.29) is 29.4 Å². The lowest BCUT2D eigenvalue weighted by molar-refractivity contribution is -0.165. The van der Waals surface area contributed by atoms with Crippen molar-refractivity contribution in [2.45, 2.75) is 75.6 Å². The van der Waals surface area contributed by atoms with Crippen molar-refractivity contribution in [3.63, 3.8) is 0 Å². The van der Waals surface area contributed by atoms with Gasteiger partial charge in [-0.2, -0.15) is 0 Å². The van der Waals surface area contributed by atoms with Gasteiger partial charge in [-0.05, 0) is 97.2 Å². The van der Waals surface area contributed by atoms with Crippen LogP contribution in [0.2, 0.25) is 0 Å². The summed E-state index contributed by atoms with van der Waals surface area (Å²) in [6.07, 6.45) is 5.71. The molecule has 1 saturated heterocycles. The molecule has 2 aromatic rings. The highest BCUT2D eigenvalue weighted by molar-refractivity contribution is 6.20. The molecular formula is C32H32O6. The van der Waals surface area contributed by atoms with E-state index in [0.29, 0.717) is 41.1 Å². The number of benzene rings is 2. The minimum atomic E-state index is -1.41. The Morgan fingerprint density at radius 3 is 2.63 bits per heavy atom. The molecular weight excluding hydrogens is 480 g/mol. The van der Waals surface area contributed by atoms with Gasteiger partial charge < -0.3 is 14.2 Å². The molecule has 0 aromatic heterocycles. The van der Waals surface area contributed by atoms with Crippen LogP contribution in [-0.4, -0.2) is 35.5 Å². The number of esters is 2. The van der Waals surface area contributed by atoms with Crippen molar-refractivity contribution in [1.29, 1.82) is 0 Å². The first-order chi connectivity index (χ1) is 18.3. The molecule has 38 heavy (non-hydrogen) atoms. The third-order valence-corrected chi connectivity index (χ3v) is 10.2. The quantitative estimate of drug-likeness (QED) is 0.181. The van der Waals surface area contributed by atoms with Crippen LogP contribution in [0, 0.1) is 17.3 Å². The van der Waals surface area contributed by atoms with E-state index in [0.717, 1.165) is 38.5 Å². The fourth-order valence-electron chi connectivity index (χ4n) is 8.15. The lowest BCUT2D eigenvalue weighted by atomic mass is 9.55. The van der Waals surface area contributed by atoms with Crippen molar-refractivity contribution in [2.75, 3.05) is 0 Å². The van der Waals surface area contributed by atoms with Crippen molar-refractivity contribution >= 4 is 17.7 Å². The first-order valence-electron chi connectivity index (χ1n) is 13.8. The highest BCUT2D eigenvalue weighted by atomic mass is 16.7. The number of hydrogen-bond acceptors (Lipinski definition) is 6. The van der Waals surface area contributed by atoms with Gasteiger partial charge in [-0.25, -0.2) is 9.59 Å². The highest BCUT2D eigenvalue weighted by Gasteiger charge is 2.74. The molecule has 0 radical (unpaired) electrons. The Morgan fingerprint density at radius 2 is 1.87 bits per heavy atom. The van der Waals surface area contributed by atoms with Gasteiger partial charge in [0.15, 0.2) is 0 Å². The van der Waals surface area contributed by atoms with Gasteiger partial charge in [-0.3, -0.25) is 4.79 Å². The molecule has 0 spiro atoms. The number of hydrogen-bond donors (Lipinski definition) is 0. The van der Waals surface area contributed by atoms with E-state index in [1.54, 1.807) is 12.1 Å². The summed E-state index contributed by atoms with van der Waals surface area (Å²) in [7, 11) is 0. The third kappa shape index (κ3) is 3.39. The zero-order chi connectivity index (χ0) is 26.2. The van der Waals surface area contributed by atoms with E-state index in [1.165, 1.54) is 11.1 Å². The SMILES string of the molecule is C=C1CC2OC2(C(=O)O[C@H]2CC[C@H]3[C@@H]4CCc5cc(OC(=O)c6ccccc6)ccc5[C@H]4CC[C@]23C)C1=O. The van der Waals surface area contributed by atoms with Crippen molar-refractivity contribution in [2.24, 2.45) is 17.3 Å². The zero-order valence-corrected chi connectivity index (χ0v) is 21.6. The van der Waals surface area contributed by atoms with E-state index in [2.05, 4.69) is 19.6 Å². The number of fused-ring (bicyclic) bond motifs is 6. The smallest absolute Gasteiger partial charge is 0.349 e. The fourth-order valence-corrected chi connectivity index (χ4v) is 8.15. The van der Waals surface area contributed by atoms with Gasteiger partial charge >= 0.3 is 11.9 Å². The zero-order valence-electron chi connectivity index (χ0n) is 21.6. The summed E-state index contributed by atoms with van der Waals surface area (Å²) in [5, 5.41) is 0. The second kappa shape index (κ2) is 8.37. The van der Waals surface area contributed by atoms with Crippen LogP contribution in [0.25, 0.3) is 0 Å². The largest absolute Gasteiger partial charge is 0.459 e. The number of carbonyl (C=O) groups is 3. The van der Waals surface area contributed by atoms with Crippen LogP contribution in [0.15, 0.2) is 60.7 Å². The Hall–Kier alpha value is -3.25. The Kier molecular flexibility index (Phi) is 5.25. The predicted molar refractivity (Wildman–Crippen MR) is 139 cm³/mol. The van der Waals surface area contributed by atoms with E-state index >= 15 is 0 Å². The Balaban J connectivity index is 1.06. The third-order valence-electron chi connectivity index (χ3n) is 10.2. The summed E-state index contributed by atoms with van der Waals surface area (Å²) in [5.41, 5.74) is 2.14. The molecule has 2 aromatic carbocycles. The summed E-state index contributed by atoms with van der Waals surface area (Å²) in [6, 6.07) is 15.2. The maximum absolute atomic E-state index is 13.1. The minimum Gasteiger partial charge on any atom is -0.459 e. The highest BCUT2D eigenvalue weighted by Crippen LogP contribution is 2.62. The molecule has 2 unspecified atom stereocenters. The number of epoxide rings is 1. The average Bonchev–Trinajstić information content (AvgIpc) is 3.47. The number of ether oxygens (including phenoxy) is 3. The van der Waals surface area contributed by atoms with E-state index in [4.69, 9.17) is 14.2 Å². The molecule has 4 fully saturated rings. The second-order valence-corrected chi connectivity index (χ2v) is 12.0. The minimum absolute atomic E-state index is 0.0980. The molecule has 1 aliphatic heterocycles. The standard InChI is InChI=1S/C32H32O6/c1-18-16-27-32(38-27,28(18)33)30(35)37-26-13-12-25-24-10-8-20-17-21(36-29(34)19-6-4-3-5-7-19)9-11-22(20)23(24)14-15-31(25,26)2/h3-7,9,11,17,23-27H,1,8,10,12-16H2,2H3/t23-,24-,25+,26+,27?,31+,32?/m1/s1. The van der Waals surface area contributed by atoms with Crippen molar-refractivity contribution < 1.29 is 28.6 Å². The Morgan fingerprint density at radius 1 is 1.05 bits per heavy atom. The second-order valence-electron chi connectivity index (χ2n) is 12.0. The summed E-state index contributed by atoms with van der Waals surface area (Å²) in [6.45, 7) is 6.07. The summed E-state index contributed by atoms with van der Waals surface area (Å²) in [5.74, 6) is 0.892. The lowest BCUT2D eigenvalue weighted by Crippen LogP contribution is -2.47. The molecule has 7 atom stereocenters. The molecule has 196 valence electrons. The summed E-state index contributed by atoms with van der Waals surface area (Å²) < 4.78 is 17.3. The van der Waals surface area contributed by atoms with Crippen LogP contribution in [0.4, 0.5) is 0 Å². The first-order valence-corrected chi connectivity index (χ1v) is 13.8. The van der Waals surface area contributed by atoms with Crippen molar-refractivity contribution in [3.8, 4) is 5.75 Å². The van der Waals surface area contributed by atoms with Gasteiger partial charge in [-0.1, -0.05) is 37.8 Å². The molecule has 0 bridgehead atoms. The fraction of sp³-hybridized carbons (Fsp3) is 0.469. The maximum atomic E-state index is 13.1. The Labute approximate surface area is 222 Å². The van der Waals surface area contributed by atoms with Gasteiger partial charge in [0.2, 0.25) is 5.78 Å². The van der Waals surface area contributed by atoms with Crippen LogP contribution in [0.3, 0.4) is 0 Å². The van der Waals surface area contributed by atoms with Gasteiger partial charge in [0.1, 0.15) is 18.0 Å². The van der Waals surface area contributed by atoms with Crippen LogP contribution < -0.4 is 4.74 Å². The van der Waals surface area contributed by atoms with Crippen molar-refractivity contribution in [3.05, 3.63) is 77.4 Å². The topological polar surface area (TPSA) is 82.2 Å². The number of carbonyl (C=O) groups excluding carboxylic acids is 3. The monoisotopic (exact) mass is 512 g/mol. The molecule has 6 heteroatoms. The van der Waals surface area contributed by atoms with E-state index in [1.807, 2.05) is 30.3 Å². The molecule has 0 N–H and O–H groups in total. The first kappa shape index (κ1) is 23.8. The normalized spacial score (nSPS) is 36.5. The molecule has 6 nitrogen and oxygen atoms in total. The van der Waals surface area contributed by atoms with E-state index in [9.17, 15) is 14.4 Å². The summed E-state index contributed by atoms with van der Waals surface area (Å²) in [4.78, 5) is 38.2. The molecule has 3 saturated carbocycles. The molecule has 4 aliphatic carbocycles. The number of ketones is 1. The molecule has 7 rings (SSSR count). The van der Waals surface area contributed by atoms with E-state index < -0.39 is 11.6 Å². The van der Waals surface area contributed by atoms with Gasteiger partial charge in [0, 0.05) is 11.8 Å². The van der Waals surface area contributed by atoms with Crippen LogP contribution in [0.1, 0.15) is 72.9 Å². The number of rotatable bonds is 4. The maximum Gasteiger partial charge on any atom is 0.349 e. The average molecular weight is 513 g/mol. The van der Waals surface area contributed by atoms with Crippen LogP contribution in [0.5, 0.6) is 5.75 Å². The van der Waals surface area contributed by atoms with Crippen LogP contribution in [-0.2, 0) is 25.5 Å². The summed E-state index contributed by atoms with van der Waals surface area (Å²) >= 11 is 0. The molecule has 1 heterocycles. The van der Waals surface area contributed by atoms with Crippen molar-refractivity contribution in [1.82, 2.24) is 0 Å². The van der Waals surface area contributed by atoms with Gasteiger partial charge in [0.25, 0.3) is 5.60 Å². The van der Waals surface area contributed by atoms with Gasteiger partial charge in [-0.15, -0.1) is 0 Å². The van der Waals surface area contributed by atoms with Gasteiger partial charge in [0.05, 0.1) is 5.56 Å². The number of Topliss-reactive ketones (excluding diaryl/α,β-unsaturated/α-hetero) is 1. The Bertz CT molecular complexity index is 1360. The predicted octanol–water partition coefficient (Wildman–Crippen LogP) is 5.34.